The second-order valence-electron chi connectivity index (χ2n) is 4.40. The van der Waals surface area contributed by atoms with Gasteiger partial charge in [-0.1, -0.05) is 12.2 Å². The summed E-state index contributed by atoms with van der Waals surface area (Å²) >= 11 is 3.30. The highest BCUT2D eigenvalue weighted by atomic mass is 79.9. The van der Waals surface area contributed by atoms with Gasteiger partial charge < -0.3 is 4.74 Å². The van der Waals surface area contributed by atoms with E-state index in [2.05, 4.69) is 26.7 Å². The summed E-state index contributed by atoms with van der Waals surface area (Å²) < 4.78 is 33.0. The summed E-state index contributed by atoms with van der Waals surface area (Å²) in [6.45, 7) is 0. The SMILES string of the molecule is COc1ccc(S(=O)(=O)NC2CC=CCC2)cc1Br. The average molecular weight is 346 g/mol. The fourth-order valence-corrected chi connectivity index (χ4v) is 4.00. The minimum absolute atomic E-state index is 0.0177. The van der Waals surface area contributed by atoms with Crippen LogP contribution < -0.4 is 9.46 Å². The van der Waals surface area contributed by atoms with Crippen molar-refractivity contribution in [3.05, 3.63) is 34.8 Å². The van der Waals surface area contributed by atoms with Crippen LogP contribution in [-0.2, 0) is 10.0 Å². The van der Waals surface area contributed by atoms with E-state index in [1.165, 1.54) is 0 Å². The third kappa shape index (κ3) is 3.58. The molecular formula is C13H16BrNO3S. The molecule has 0 fully saturated rings. The standard InChI is InChI=1S/C13H16BrNO3S/c1-18-13-8-7-11(9-12(13)14)19(16,17)15-10-5-3-2-4-6-10/h2-3,7-10,15H,4-6H2,1H3. The number of rotatable bonds is 4. The molecule has 2 rings (SSSR count). The van der Waals surface area contributed by atoms with E-state index in [0.717, 1.165) is 19.3 Å². The summed E-state index contributed by atoms with van der Waals surface area (Å²) in [5, 5.41) is 0. The normalized spacial score (nSPS) is 19.4. The molecule has 0 saturated carbocycles. The Kier molecular flexibility index (Phi) is 4.65. The lowest BCUT2D eigenvalue weighted by Gasteiger charge is -2.19. The van der Waals surface area contributed by atoms with Crippen molar-refractivity contribution in [1.82, 2.24) is 4.72 Å². The van der Waals surface area contributed by atoms with E-state index < -0.39 is 10.0 Å². The predicted molar refractivity (Wildman–Crippen MR) is 77.8 cm³/mol. The molecule has 4 nitrogen and oxygen atoms in total. The van der Waals surface area contributed by atoms with Crippen molar-refractivity contribution in [2.45, 2.75) is 30.2 Å². The van der Waals surface area contributed by atoms with Crippen molar-refractivity contribution in [2.24, 2.45) is 0 Å². The Morgan fingerprint density at radius 2 is 2.16 bits per heavy atom. The first-order valence-electron chi connectivity index (χ1n) is 6.04. The summed E-state index contributed by atoms with van der Waals surface area (Å²) in [5.74, 6) is 0.611. The van der Waals surface area contributed by atoms with Crippen molar-refractivity contribution >= 4 is 26.0 Å². The Morgan fingerprint density at radius 1 is 1.37 bits per heavy atom. The maximum atomic E-state index is 12.3. The Balaban J connectivity index is 2.19. The molecule has 1 atom stereocenters. The van der Waals surface area contributed by atoms with Gasteiger partial charge in [-0.05, 0) is 53.4 Å². The number of allylic oxidation sites excluding steroid dienone is 1. The largest absolute Gasteiger partial charge is 0.496 e. The highest BCUT2D eigenvalue weighted by molar-refractivity contribution is 9.10. The maximum absolute atomic E-state index is 12.3. The average Bonchev–Trinajstić information content (AvgIpc) is 2.39. The molecule has 0 aliphatic heterocycles. The zero-order chi connectivity index (χ0) is 13.9. The monoisotopic (exact) mass is 345 g/mol. The van der Waals surface area contributed by atoms with E-state index >= 15 is 0 Å². The molecule has 0 saturated heterocycles. The third-order valence-electron chi connectivity index (χ3n) is 3.02. The van der Waals surface area contributed by atoms with E-state index in [1.54, 1.807) is 25.3 Å². The molecule has 0 spiro atoms. The molecule has 1 aromatic carbocycles. The summed E-state index contributed by atoms with van der Waals surface area (Å²) in [5.41, 5.74) is 0. The molecule has 104 valence electrons. The molecule has 0 bridgehead atoms. The Hall–Kier alpha value is -0.850. The first-order chi connectivity index (χ1) is 9.03. The number of methoxy groups -OCH3 is 1. The van der Waals surface area contributed by atoms with Crippen molar-refractivity contribution in [2.75, 3.05) is 7.11 Å². The molecule has 0 radical (unpaired) electrons. The minimum atomic E-state index is -3.48. The van der Waals surface area contributed by atoms with Crippen molar-refractivity contribution in [1.29, 1.82) is 0 Å². The summed E-state index contributed by atoms with van der Waals surface area (Å²) in [7, 11) is -1.93. The molecule has 6 heteroatoms. The van der Waals surface area contributed by atoms with Gasteiger partial charge in [0.15, 0.2) is 0 Å². The van der Waals surface area contributed by atoms with Crippen LogP contribution in [0.5, 0.6) is 5.75 Å². The van der Waals surface area contributed by atoms with Crippen LogP contribution >= 0.6 is 15.9 Å². The van der Waals surface area contributed by atoms with Crippen LogP contribution in [0.4, 0.5) is 0 Å². The van der Waals surface area contributed by atoms with Crippen molar-refractivity contribution < 1.29 is 13.2 Å². The molecule has 1 unspecified atom stereocenters. The fourth-order valence-electron chi connectivity index (χ4n) is 2.00. The second kappa shape index (κ2) is 6.07. The number of hydrogen-bond donors (Lipinski definition) is 1. The van der Waals surface area contributed by atoms with Gasteiger partial charge in [-0.15, -0.1) is 0 Å². The number of hydrogen-bond acceptors (Lipinski definition) is 3. The van der Waals surface area contributed by atoms with Gasteiger partial charge in [-0.3, -0.25) is 0 Å². The van der Waals surface area contributed by atoms with Gasteiger partial charge >= 0.3 is 0 Å². The van der Waals surface area contributed by atoms with Crippen molar-refractivity contribution in [3.63, 3.8) is 0 Å². The van der Waals surface area contributed by atoms with Crippen LogP contribution in [0.2, 0.25) is 0 Å². The van der Waals surface area contributed by atoms with Gasteiger partial charge in [0, 0.05) is 6.04 Å². The molecule has 1 aromatic rings. The van der Waals surface area contributed by atoms with Crippen LogP contribution in [0.25, 0.3) is 0 Å². The Labute approximate surface area is 122 Å². The summed E-state index contributed by atoms with van der Waals surface area (Å²) in [6, 6.07) is 4.72. The zero-order valence-electron chi connectivity index (χ0n) is 10.6. The van der Waals surface area contributed by atoms with Crippen LogP contribution in [0, 0.1) is 0 Å². The Morgan fingerprint density at radius 3 is 2.74 bits per heavy atom. The topological polar surface area (TPSA) is 55.4 Å². The van der Waals surface area contributed by atoms with Gasteiger partial charge in [-0.2, -0.15) is 0 Å². The molecular weight excluding hydrogens is 330 g/mol. The lowest BCUT2D eigenvalue weighted by molar-refractivity contribution is 0.411. The van der Waals surface area contributed by atoms with Gasteiger partial charge in [0.1, 0.15) is 5.75 Å². The first-order valence-corrected chi connectivity index (χ1v) is 8.31. The molecule has 1 aliphatic carbocycles. The smallest absolute Gasteiger partial charge is 0.240 e. The number of sulfonamides is 1. The molecule has 19 heavy (non-hydrogen) atoms. The lowest BCUT2D eigenvalue weighted by atomic mass is 10.0. The highest BCUT2D eigenvalue weighted by Crippen LogP contribution is 2.27. The highest BCUT2D eigenvalue weighted by Gasteiger charge is 2.21. The van der Waals surface area contributed by atoms with Crippen molar-refractivity contribution in [3.8, 4) is 5.75 Å². The predicted octanol–water partition coefficient (Wildman–Crippen LogP) is 2.84. The number of nitrogens with one attached hydrogen (secondary N) is 1. The maximum Gasteiger partial charge on any atom is 0.240 e. The summed E-state index contributed by atoms with van der Waals surface area (Å²) in [6.07, 6.45) is 6.60. The zero-order valence-corrected chi connectivity index (χ0v) is 13.0. The van der Waals surface area contributed by atoms with Crippen LogP contribution in [0.1, 0.15) is 19.3 Å². The summed E-state index contributed by atoms with van der Waals surface area (Å²) in [4.78, 5) is 0.245. The lowest BCUT2D eigenvalue weighted by Crippen LogP contribution is -2.35. The van der Waals surface area contributed by atoms with Gasteiger partial charge in [0.25, 0.3) is 0 Å². The first kappa shape index (κ1) is 14.6. The number of halogens is 1. The third-order valence-corrected chi connectivity index (χ3v) is 5.16. The van der Waals surface area contributed by atoms with Gasteiger partial charge in [0.2, 0.25) is 10.0 Å². The minimum Gasteiger partial charge on any atom is -0.496 e. The van der Waals surface area contributed by atoms with E-state index in [4.69, 9.17) is 4.74 Å². The molecule has 1 N–H and O–H groups in total. The second-order valence-corrected chi connectivity index (χ2v) is 6.97. The fraction of sp³-hybridized carbons (Fsp3) is 0.385. The quantitative estimate of drug-likeness (QED) is 0.853. The van der Waals surface area contributed by atoms with Crippen LogP contribution in [0.15, 0.2) is 39.7 Å². The molecule has 1 aliphatic rings. The van der Waals surface area contributed by atoms with E-state index in [0.29, 0.717) is 10.2 Å². The van der Waals surface area contributed by atoms with Crippen LogP contribution in [-0.4, -0.2) is 21.6 Å². The molecule has 0 heterocycles. The van der Waals surface area contributed by atoms with E-state index in [1.807, 2.05) is 6.08 Å². The van der Waals surface area contributed by atoms with Gasteiger partial charge in [-0.25, -0.2) is 13.1 Å². The van der Waals surface area contributed by atoms with Gasteiger partial charge in [0.05, 0.1) is 16.5 Å². The Bertz CT molecular complexity index is 584. The van der Waals surface area contributed by atoms with E-state index in [-0.39, 0.29) is 10.9 Å². The van der Waals surface area contributed by atoms with E-state index in [9.17, 15) is 8.42 Å². The number of benzene rings is 1. The number of ether oxygens (including phenoxy) is 1. The van der Waals surface area contributed by atoms with Crippen LogP contribution in [0.3, 0.4) is 0 Å². The molecule has 0 amide bonds. The molecule has 0 aromatic heterocycles.